The number of nitrogens with zero attached hydrogens (tertiary/aromatic N) is 1. The topological polar surface area (TPSA) is 50.9 Å². The van der Waals surface area contributed by atoms with Crippen LogP contribution in [0.3, 0.4) is 0 Å². The number of thiocarbonyl (C=S) groups is 1. The fourth-order valence-electron chi connectivity index (χ4n) is 1.44. The molecule has 1 heterocycles. The van der Waals surface area contributed by atoms with Crippen LogP contribution in [-0.4, -0.2) is 10.1 Å². The Balaban J connectivity index is 2.33. The quantitative estimate of drug-likeness (QED) is 0.776. The van der Waals surface area contributed by atoms with Crippen molar-refractivity contribution in [3.63, 3.8) is 0 Å². The second kappa shape index (κ2) is 4.72. The molecular weight excluding hydrogens is 218 g/mol. The minimum absolute atomic E-state index is 0.220. The van der Waals surface area contributed by atoms with Crippen molar-refractivity contribution in [3.05, 3.63) is 48.7 Å². The predicted molar refractivity (Wildman–Crippen MR) is 70.1 cm³/mol. The molecular formula is C12H11N3S. The van der Waals surface area contributed by atoms with Crippen molar-refractivity contribution in [1.29, 1.82) is 0 Å². The van der Waals surface area contributed by atoms with Gasteiger partial charge in [-0.15, -0.1) is 0 Å². The number of rotatable bonds is 2. The van der Waals surface area contributed by atoms with Gasteiger partial charge in [-0.1, -0.05) is 30.3 Å². The third-order valence-electron chi connectivity index (χ3n) is 2.12. The van der Waals surface area contributed by atoms with E-state index in [9.17, 15) is 0 Å². The lowest BCUT2D eigenvalue weighted by Crippen LogP contribution is -2.19. The molecule has 0 bridgehead atoms. The Morgan fingerprint density at radius 1 is 1.12 bits per heavy atom. The third-order valence-corrected chi connectivity index (χ3v) is 2.22. The first-order chi connectivity index (χ1) is 7.75. The van der Waals surface area contributed by atoms with Crippen LogP contribution < -0.4 is 11.1 Å². The molecule has 0 fully saturated rings. The van der Waals surface area contributed by atoms with Gasteiger partial charge in [0.15, 0.2) is 5.11 Å². The van der Waals surface area contributed by atoms with Crippen molar-refractivity contribution in [2.45, 2.75) is 0 Å². The lowest BCUT2D eigenvalue weighted by Gasteiger charge is -2.05. The van der Waals surface area contributed by atoms with Crippen molar-refractivity contribution in [2.24, 2.45) is 5.73 Å². The summed E-state index contributed by atoms with van der Waals surface area (Å²) in [5, 5.41) is 3.03. The molecule has 0 saturated carbocycles. The molecule has 0 unspecified atom stereocenters. The number of aromatic nitrogens is 1. The van der Waals surface area contributed by atoms with E-state index < -0.39 is 0 Å². The Kier molecular flexibility index (Phi) is 3.12. The van der Waals surface area contributed by atoms with Gasteiger partial charge in [0.1, 0.15) is 5.82 Å². The first kappa shape index (κ1) is 10.6. The number of hydrogen-bond donors (Lipinski definition) is 2. The molecule has 3 nitrogen and oxygen atoms in total. The molecule has 2 aromatic rings. The standard InChI is InChI=1S/C12H11N3S/c13-12(16)15-11-8-10(6-7-14-11)9-4-2-1-3-5-9/h1-8H,(H3,13,14,15,16). The molecule has 0 saturated heterocycles. The summed E-state index contributed by atoms with van der Waals surface area (Å²) in [6.07, 6.45) is 1.73. The van der Waals surface area contributed by atoms with E-state index in [-0.39, 0.29) is 5.11 Å². The number of nitrogens with two attached hydrogens (primary N) is 1. The number of anilines is 1. The highest BCUT2D eigenvalue weighted by Crippen LogP contribution is 2.20. The molecule has 3 N–H and O–H groups in total. The van der Waals surface area contributed by atoms with Crippen LogP contribution in [0.15, 0.2) is 48.7 Å². The van der Waals surface area contributed by atoms with Crippen LogP contribution in [0.2, 0.25) is 0 Å². The van der Waals surface area contributed by atoms with Crippen LogP contribution in [0.25, 0.3) is 11.1 Å². The second-order valence-electron chi connectivity index (χ2n) is 3.29. The number of benzene rings is 1. The lowest BCUT2D eigenvalue weighted by molar-refractivity contribution is 1.32. The Bertz CT molecular complexity index is 497. The van der Waals surface area contributed by atoms with Crippen LogP contribution in [0.1, 0.15) is 0 Å². The zero-order valence-corrected chi connectivity index (χ0v) is 9.37. The minimum Gasteiger partial charge on any atom is -0.376 e. The summed E-state index contributed by atoms with van der Waals surface area (Å²) in [5.41, 5.74) is 7.61. The van der Waals surface area contributed by atoms with E-state index in [0.717, 1.165) is 11.1 Å². The number of nitrogens with one attached hydrogen (secondary N) is 1. The highest BCUT2D eigenvalue weighted by Gasteiger charge is 1.99. The molecule has 0 aliphatic rings. The minimum atomic E-state index is 0.220. The molecule has 0 atom stereocenters. The number of hydrogen-bond acceptors (Lipinski definition) is 2. The molecule has 0 spiro atoms. The van der Waals surface area contributed by atoms with Crippen molar-refractivity contribution < 1.29 is 0 Å². The van der Waals surface area contributed by atoms with E-state index in [0.29, 0.717) is 5.82 Å². The van der Waals surface area contributed by atoms with Gasteiger partial charge in [0.25, 0.3) is 0 Å². The Labute approximate surface area is 99.3 Å². The van der Waals surface area contributed by atoms with E-state index in [2.05, 4.69) is 10.3 Å². The molecule has 2 rings (SSSR count). The maximum atomic E-state index is 5.39. The number of pyridine rings is 1. The van der Waals surface area contributed by atoms with Crippen molar-refractivity contribution in [3.8, 4) is 11.1 Å². The van der Waals surface area contributed by atoms with E-state index in [1.54, 1.807) is 6.20 Å². The fraction of sp³-hybridized carbons (Fsp3) is 0. The maximum absolute atomic E-state index is 5.39. The summed E-state index contributed by atoms with van der Waals surface area (Å²) < 4.78 is 0. The molecule has 1 aromatic carbocycles. The molecule has 16 heavy (non-hydrogen) atoms. The monoisotopic (exact) mass is 229 g/mol. The normalized spacial score (nSPS) is 9.75. The first-order valence-electron chi connectivity index (χ1n) is 4.83. The summed E-state index contributed by atoms with van der Waals surface area (Å²) in [6, 6.07) is 13.9. The van der Waals surface area contributed by atoms with Crippen molar-refractivity contribution >= 4 is 23.1 Å². The van der Waals surface area contributed by atoms with Gasteiger partial charge >= 0.3 is 0 Å². The van der Waals surface area contributed by atoms with Crippen LogP contribution in [0.4, 0.5) is 5.82 Å². The Morgan fingerprint density at radius 3 is 2.56 bits per heavy atom. The van der Waals surface area contributed by atoms with E-state index >= 15 is 0 Å². The molecule has 1 aromatic heterocycles. The van der Waals surface area contributed by atoms with E-state index in [1.165, 1.54) is 0 Å². The Morgan fingerprint density at radius 2 is 1.88 bits per heavy atom. The summed E-state index contributed by atoms with van der Waals surface area (Å²) >= 11 is 4.76. The van der Waals surface area contributed by atoms with Gasteiger partial charge in [0.2, 0.25) is 0 Å². The summed E-state index contributed by atoms with van der Waals surface area (Å²) in [6.45, 7) is 0. The zero-order chi connectivity index (χ0) is 11.4. The van der Waals surface area contributed by atoms with Crippen molar-refractivity contribution in [1.82, 2.24) is 4.98 Å². The average Bonchev–Trinajstić information content (AvgIpc) is 2.30. The van der Waals surface area contributed by atoms with Gasteiger partial charge in [0, 0.05) is 6.20 Å². The van der Waals surface area contributed by atoms with E-state index in [1.807, 2.05) is 42.5 Å². The summed E-state index contributed by atoms with van der Waals surface area (Å²) in [4.78, 5) is 4.13. The van der Waals surface area contributed by atoms with Gasteiger partial charge in [-0.05, 0) is 35.5 Å². The van der Waals surface area contributed by atoms with Crippen LogP contribution in [0.5, 0.6) is 0 Å². The smallest absolute Gasteiger partial charge is 0.169 e. The zero-order valence-electron chi connectivity index (χ0n) is 8.55. The van der Waals surface area contributed by atoms with E-state index in [4.69, 9.17) is 18.0 Å². The van der Waals surface area contributed by atoms with Crippen LogP contribution >= 0.6 is 12.2 Å². The molecule has 0 aliphatic carbocycles. The largest absolute Gasteiger partial charge is 0.376 e. The SMILES string of the molecule is NC(=S)Nc1cc(-c2ccccc2)ccn1. The second-order valence-corrected chi connectivity index (χ2v) is 3.72. The fourth-order valence-corrected chi connectivity index (χ4v) is 1.54. The maximum Gasteiger partial charge on any atom is 0.169 e. The van der Waals surface area contributed by atoms with Crippen LogP contribution in [-0.2, 0) is 0 Å². The molecule has 0 aliphatic heterocycles. The molecule has 80 valence electrons. The summed E-state index contributed by atoms with van der Waals surface area (Å²) in [7, 11) is 0. The average molecular weight is 229 g/mol. The van der Waals surface area contributed by atoms with Gasteiger partial charge in [-0.3, -0.25) is 0 Å². The Hall–Kier alpha value is -1.94. The van der Waals surface area contributed by atoms with Crippen molar-refractivity contribution in [2.75, 3.05) is 5.32 Å². The highest BCUT2D eigenvalue weighted by atomic mass is 32.1. The van der Waals surface area contributed by atoms with Gasteiger partial charge < -0.3 is 11.1 Å². The molecule has 4 heteroatoms. The van der Waals surface area contributed by atoms with Gasteiger partial charge in [-0.2, -0.15) is 0 Å². The molecule has 0 radical (unpaired) electrons. The highest BCUT2D eigenvalue weighted by molar-refractivity contribution is 7.80. The lowest BCUT2D eigenvalue weighted by atomic mass is 10.1. The van der Waals surface area contributed by atoms with Gasteiger partial charge in [0.05, 0.1) is 0 Å². The predicted octanol–water partition coefficient (Wildman–Crippen LogP) is 2.40. The third kappa shape index (κ3) is 2.55. The van der Waals surface area contributed by atoms with Gasteiger partial charge in [-0.25, -0.2) is 4.98 Å². The first-order valence-corrected chi connectivity index (χ1v) is 5.24. The molecule has 0 amide bonds. The van der Waals surface area contributed by atoms with Crippen LogP contribution in [0, 0.1) is 0 Å². The summed E-state index contributed by atoms with van der Waals surface area (Å²) in [5.74, 6) is 0.661.